The standard InChI is InChI=1S/C16H16N4O/c1-20-7-6-11(10-20)9-18-16(21)15-8-13(17)12-4-2-3-5-14(12)19-15/h2-8,10H,9H2,1H3,(H2,17,19)(H,18,21). The molecule has 0 saturated heterocycles. The number of hydrogen-bond donors (Lipinski definition) is 2. The van der Waals surface area contributed by atoms with Crippen molar-refractivity contribution in [3.63, 3.8) is 0 Å². The van der Waals surface area contributed by atoms with Crippen molar-refractivity contribution in [1.82, 2.24) is 14.9 Å². The highest BCUT2D eigenvalue weighted by Gasteiger charge is 2.10. The maximum absolute atomic E-state index is 12.2. The van der Waals surface area contributed by atoms with E-state index in [1.54, 1.807) is 6.07 Å². The highest BCUT2D eigenvalue weighted by molar-refractivity contribution is 5.99. The molecule has 1 aromatic carbocycles. The summed E-state index contributed by atoms with van der Waals surface area (Å²) in [6, 6.07) is 11.1. The van der Waals surface area contributed by atoms with Gasteiger partial charge in [-0.3, -0.25) is 4.79 Å². The third-order valence-electron chi connectivity index (χ3n) is 3.33. The van der Waals surface area contributed by atoms with E-state index in [1.807, 2.05) is 54.3 Å². The van der Waals surface area contributed by atoms with Gasteiger partial charge in [0.1, 0.15) is 5.69 Å². The number of pyridine rings is 1. The molecular formula is C16H16N4O. The number of fused-ring (bicyclic) bond motifs is 1. The maximum atomic E-state index is 12.2. The molecule has 0 aliphatic carbocycles. The van der Waals surface area contributed by atoms with Gasteiger partial charge in [-0.15, -0.1) is 0 Å². The molecule has 5 heteroatoms. The molecule has 2 aromatic heterocycles. The number of rotatable bonds is 3. The van der Waals surface area contributed by atoms with E-state index in [0.29, 0.717) is 17.9 Å². The zero-order chi connectivity index (χ0) is 14.8. The highest BCUT2D eigenvalue weighted by Crippen LogP contribution is 2.20. The summed E-state index contributed by atoms with van der Waals surface area (Å²) in [6.45, 7) is 0.466. The Hall–Kier alpha value is -2.82. The Kier molecular flexibility index (Phi) is 3.31. The molecule has 0 aliphatic rings. The van der Waals surface area contributed by atoms with Crippen LogP contribution in [-0.2, 0) is 13.6 Å². The van der Waals surface area contributed by atoms with Crippen LogP contribution in [0.2, 0.25) is 0 Å². The Bertz CT molecular complexity index is 807. The summed E-state index contributed by atoms with van der Waals surface area (Å²) in [6.07, 6.45) is 3.90. The first-order valence-corrected chi connectivity index (χ1v) is 6.68. The molecule has 0 saturated carbocycles. The van der Waals surface area contributed by atoms with Crippen molar-refractivity contribution >= 4 is 22.5 Å². The lowest BCUT2D eigenvalue weighted by molar-refractivity contribution is 0.0946. The first-order valence-electron chi connectivity index (χ1n) is 6.68. The summed E-state index contributed by atoms with van der Waals surface area (Å²) in [5, 5.41) is 3.71. The summed E-state index contributed by atoms with van der Waals surface area (Å²) in [5.74, 6) is -0.226. The molecule has 5 nitrogen and oxygen atoms in total. The fourth-order valence-electron chi connectivity index (χ4n) is 2.26. The van der Waals surface area contributed by atoms with Crippen molar-refractivity contribution in [2.24, 2.45) is 7.05 Å². The SMILES string of the molecule is Cn1ccc(CNC(=O)c2cc(N)c3ccccc3n2)c1. The molecule has 3 aromatic rings. The number of carbonyl (C=O) groups is 1. The van der Waals surface area contributed by atoms with Crippen LogP contribution in [0.4, 0.5) is 5.69 Å². The van der Waals surface area contributed by atoms with Gasteiger partial charge >= 0.3 is 0 Å². The van der Waals surface area contributed by atoms with Crippen LogP contribution in [0.1, 0.15) is 16.1 Å². The number of anilines is 1. The van der Waals surface area contributed by atoms with E-state index in [-0.39, 0.29) is 5.91 Å². The van der Waals surface area contributed by atoms with E-state index in [0.717, 1.165) is 16.5 Å². The zero-order valence-corrected chi connectivity index (χ0v) is 11.7. The Morgan fingerprint density at radius 3 is 2.90 bits per heavy atom. The van der Waals surface area contributed by atoms with Gasteiger partial charge in [-0.2, -0.15) is 0 Å². The van der Waals surface area contributed by atoms with Crippen LogP contribution in [-0.4, -0.2) is 15.5 Å². The van der Waals surface area contributed by atoms with E-state index < -0.39 is 0 Å². The first kappa shape index (κ1) is 13.2. The van der Waals surface area contributed by atoms with Gasteiger partial charge in [0.05, 0.1) is 5.52 Å². The average molecular weight is 280 g/mol. The Balaban J connectivity index is 1.81. The minimum atomic E-state index is -0.226. The summed E-state index contributed by atoms with van der Waals surface area (Å²) in [7, 11) is 1.94. The lowest BCUT2D eigenvalue weighted by atomic mass is 10.1. The monoisotopic (exact) mass is 280 g/mol. The number of para-hydroxylation sites is 1. The van der Waals surface area contributed by atoms with Crippen LogP contribution in [0.15, 0.2) is 48.8 Å². The van der Waals surface area contributed by atoms with Gasteiger partial charge in [-0.05, 0) is 23.8 Å². The van der Waals surface area contributed by atoms with Gasteiger partial charge in [0.15, 0.2) is 0 Å². The number of aromatic nitrogens is 2. The fourth-order valence-corrected chi connectivity index (χ4v) is 2.26. The van der Waals surface area contributed by atoms with Gasteiger partial charge < -0.3 is 15.6 Å². The second-order valence-corrected chi connectivity index (χ2v) is 4.98. The minimum Gasteiger partial charge on any atom is -0.398 e. The molecule has 0 aliphatic heterocycles. The topological polar surface area (TPSA) is 72.9 Å². The van der Waals surface area contributed by atoms with Crippen LogP contribution in [0.25, 0.3) is 10.9 Å². The fraction of sp³-hybridized carbons (Fsp3) is 0.125. The van der Waals surface area contributed by atoms with E-state index in [2.05, 4.69) is 10.3 Å². The summed E-state index contributed by atoms with van der Waals surface area (Å²) < 4.78 is 1.94. The van der Waals surface area contributed by atoms with Crippen molar-refractivity contribution in [3.8, 4) is 0 Å². The second-order valence-electron chi connectivity index (χ2n) is 4.98. The number of nitrogens with zero attached hydrogens (tertiary/aromatic N) is 2. The summed E-state index contributed by atoms with van der Waals surface area (Å²) in [4.78, 5) is 16.5. The van der Waals surface area contributed by atoms with Crippen LogP contribution in [0, 0.1) is 0 Å². The Morgan fingerprint density at radius 2 is 2.14 bits per heavy atom. The largest absolute Gasteiger partial charge is 0.398 e. The number of carbonyl (C=O) groups excluding carboxylic acids is 1. The molecule has 106 valence electrons. The lowest BCUT2D eigenvalue weighted by Crippen LogP contribution is -2.23. The molecular weight excluding hydrogens is 264 g/mol. The predicted octanol–water partition coefficient (Wildman–Crippen LogP) is 2.09. The number of amides is 1. The molecule has 0 spiro atoms. The predicted molar refractivity (Wildman–Crippen MR) is 82.7 cm³/mol. The lowest BCUT2D eigenvalue weighted by Gasteiger charge is -2.07. The summed E-state index contributed by atoms with van der Waals surface area (Å²) >= 11 is 0. The minimum absolute atomic E-state index is 0.226. The van der Waals surface area contributed by atoms with Gasteiger partial charge in [0, 0.05) is 37.1 Å². The van der Waals surface area contributed by atoms with E-state index in [4.69, 9.17) is 5.73 Å². The van der Waals surface area contributed by atoms with Crippen LogP contribution in [0.5, 0.6) is 0 Å². The van der Waals surface area contributed by atoms with E-state index >= 15 is 0 Å². The number of aryl methyl sites for hydroxylation is 1. The molecule has 21 heavy (non-hydrogen) atoms. The maximum Gasteiger partial charge on any atom is 0.270 e. The van der Waals surface area contributed by atoms with Gasteiger partial charge in [0.2, 0.25) is 0 Å². The summed E-state index contributed by atoms with van der Waals surface area (Å²) in [5.41, 5.74) is 8.64. The number of hydrogen-bond acceptors (Lipinski definition) is 3. The van der Waals surface area contributed by atoms with Gasteiger partial charge in [-0.25, -0.2) is 4.98 Å². The van der Waals surface area contributed by atoms with Gasteiger partial charge in [-0.1, -0.05) is 18.2 Å². The smallest absolute Gasteiger partial charge is 0.270 e. The second kappa shape index (κ2) is 5.28. The van der Waals surface area contributed by atoms with Crippen molar-refractivity contribution in [1.29, 1.82) is 0 Å². The first-order chi connectivity index (χ1) is 10.1. The zero-order valence-electron chi connectivity index (χ0n) is 11.7. The van der Waals surface area contributed by atoms with Crippen LogP contribution in [0.3, 0.4) is 0 Å². The molecule has 0 radical (unpaired) electrons. The molecule has 1 amide bonds. The molecule has 0 atom stereocenters. The van der Waals surface area contributed by atoms with Crippen LogP contribution >= 0.6 is 0 Å². The van der Waals surface area contributed by atoms with Gasteiger partial charge in [0.25, 0.3) is 5.91 Å². The van der Waals surface area contributed by atoms with Crippen molar-refractivity contribution in [2.75, 3.05) is 5.73 Å². The number of nitrogens with two attached hydrogens (primary N) is 1. The van der Waals surface area contributed by atoms with Crippen molar-refractivity contribution < 1.29 is 4.79 Å². The number of nitrogen functional groups attached to an aromatic ring is 1. The van der Waals surface area contributed by atoms with Crippen molar-refractivity contribution in [3.05, 3.63) is 60.0 Å². The van der Waals surface area contributed by atoms with Crippen molar-refractivity contribution in [2.45, 2.75) is 6.54 Å². The third-order valence-corrected chi connectivity index (χ3v) is 3.33. The molecule has 2 heterocycles. The number of benzene rings is 1. The third kappa shape index (κ3) is 2.72. The molecule has 0 bridgehead atoms. The Morgan fingerprint density at radius 1 is 1.33 bits per heavy atom. The number of nitrogens with one attached hydrogen (secondary N) is 1. The molecule has 0 unspecified atom stereocenters. The molecule has 3 N–H and O–H groups in total. The molecule has 3 rings (SSSR count). The normalized spacial score (nSPS) is 10.7. The molecule has 0 fully saturated rings. The van der Waals surface area contributed by atoms with E-state index in [1.165, 1.54) is 0 Å². The Labute approximate surface area is 122 Å². The van der Waals surface area contributed by atoms with Crippen LogP contribution < -0.4 is 11.1 Å². The quantitative estimate of drug-likeness (QED) is 0.771. The van der Waals surface area contributed by atoms with E-state index in [9.17, 15) is 4.79 Å². The average Bonchev–Trinajstić information content (AvgIpc) is 2.90. The highest BCUT2D eigenvalue weighted by atomic mass is 16.1.